The minimum Gasteiger partial charge on any atom is -0.351 e. The Balaban J connectivity index is 0. The maximum absolute atomic E-state index is 6.26. The van der Waals surface area contributed by atoms with Crippen molar-refractivity contribution in [2.45, 2.75) is 51.7 Å². The molecule has 0 fully saturated rings. The van der Waals surface area contributed by atoms with Gasteiger partial charge in [-0.2, -0.15) is 0 Å². The zero-order valence-corrected chi connectivity index (χ0v) is 9.32. The van der Waals surface area contributed by atoms with Crippen molar-refractivity contribution in [3.63, 3.8) is 0 Å². The first-order valence-electron chi connectivity index (χ1n) is 4.47. The molecule has 5 N–H and O–H groups in total. The maximum atomic E-state index is 6.26. The number of hydrogen-bond acceptors (Lipinski definition) is 2. The van der Waals surface area contributed by atoms with E-state index in [2.05, 4.69) is 20.8 Å². The summed E-state index contributed by atoms with van der Waals surface area (Å²) in [5, 5.41) is 6.26. The summed E-state index contributed by atoms with van der Waals surface area (Å²) in [6, 6.07) is 3.89. The summed E-state index contributed by atoms with van der Waals surface area (Å²) >= 11 is 0. The maximum Gasteiger partial charge on any atom is 0.122 e. The molecule has 0 spiro atoms. The Kier molecular flexibility index (Phi) is 8.50. The Bertz CT molecular complexity index is 80.2. The van der Waals surface area contributed by atoms with E-state index in [1.807, 2.05) is 0 Å². The molecule has 3 heteroatoms. The third-order valence-corrected chi connectivity index (χ3v) is 6.60. The quantitative estimate of drug-likeness (QED) is 0.633. The SMILES string of the molecule is CCC[Si](N)(CC)CCC.N. The number of rotatable bonds is 5. The van der Waals surface area contributed by atoms with Crippen LogP contribution in [0.25, 0.3) is 0 Å². The largest absolute Gasteiger partial charge is 0.351 e. The summed E-state index contributed by atoms with van der Waals surface area (Å²) in [5.41, 5.74) is 0. The van der Waals surface area contributed by atoms with E-state index in [0.29, 0.717) is 0 Å². The Morgan fingerprint density at radius 2 is 1.36 bits per heavy atom. The molecule has 70 valence electrons. The van der Waals surface area contributed by atoms with Crippen LogP contribution in [-0.2, 0) is 0 Å². The molecular weight excluding hydrogens is 152 g/mol. The van der Waals surface area contributed by atoms with Crippen LogP contribution in [0.3, 0.4) is 0 Å². The van der Waals surface area contributed by atoms with E-state index >= 15 is 0 Å². The van der Waals surface area contributed by atoms with Crippen molar-refractivity contribution in [1.29, 1.82) is 0 Å². The Morgan fingerprint density at radius 3 is 1.55 bits per heavy atom. The average Bonchev–Trinajstić information content (AvgIpc) is 1.89. The number of nitrogens with two attached hydrogens (primary N) is 1. The third-order valence-electron chi connectivity index (χ3n) is 2.20. The van der Waals surface area contributed by atoms with Crippen molar-refractivity contribution in [2.75, 3.05) is 0 Å². The highest BCUT2D eigenvalue weighted by Crippen LogP contribution is 2.17. The van der Waals surface area contributed by atoms with Gasteiger partial charge in [0, 0.05) is 0 Å². The molecule has 0 radical (unpaired) electrons. The first-order valence-corrected chi connectivity index (χ1v) is 7.17. The minimum absolute atomic E-state index is 0. The molecule has 11 heavy (non-hydrogen) atoms. The van der Waals surface area contributed by atoms with E-state index in [4.69, 9.17) is 5.40 Å². The molecule has 0 aromatic carbocycles. The van der Waals surface area contributed by atoms with Crippen molar-refractivity contribution < 1.29 is 0 Å². The Hall–Kier alpha value is 0.137. The van der Waals surface area contributed by atoms with Crippen molar-refractivity contribution in [1.82, 2.24) is 6.15 Å². The second kappa shape index (κ2) is 6.82. The molecule has 0 amide bonds. The minimum atomic E-state index is -1.22. The van der Waals surface area contributed by atoms with Gasteiger partial charge < -0.3 is 11.5 Å². The predicted octanol–water partition coefficient (Wildman–Crippen LogP) is 2.89. The highest BCUT2D eigenvalue weighted by molar-refractivity contribution is 6.76. The topological polar surface area (TPSA) is 61.0 Å². The van der Waals surface area contributed by atoms with Crippen molar-refractivity contribution >= 4 is 8.24 Å². The molecule has 0 aromatic heterocycles. The lowest BCUT2D eigenvalue weighted by Crippen LogP contribution is -2.44. The van der Waals surface area contributed by atoms with Gasteiger partial charge in [0.25, 0.3) is 0 Å². The lowest BCUT2D eigenvalue weighted by molar-refractivity contribution is 0.952. The van der Waals surface area contributed by atoms with Gasteiger partial charge in [-0.1, -0.05) is 33.6 Å². The van der Waals surface area contributed by atoms with Gasteiger partial charge in [0.05, 0.1) is 0 Å². The first-order chi connectivity index (χ1) is 4.68. The lowest BCUT2D eigenvalue weighted by Gasteiger charge is -2.23. The van der Waals surface area contributed by atoms with Crippen LogP contribution < -0.4 is 11.5 Å². The third kappa shape index (κ3) is 5.41. The Labute approximate surface area is 72.2 Å². The highest BCUT2D eigenvalue weighted by atomic mass is 28.3. The summed E-state index contributed by atoms with van der Waals surface area (Å²) in [5.74, 6) is 0. The van der Waals surface area contributed by atoms with Crippen LogP contribution in [-0.4, -0.2) is 8.24 Å². The van der Waals surface area contributed by atoms with Crippen LogP contribution in [0.1, 0.15) is 33.6 Å². The van der Waals surface area contributed by atoms with Gasteiger partial charge in [-0.15, -0.1) is 0 Å². The fourth-order valence-electron chi connectivity index (χ4n) is 1.47. The van der Waals surface area contributed by atoms with E-state index in [9.17, 15) is 0 Å². The summed E-state index contributed by atoms with van der Waals surface area (Å²) in [6.45, 7) is 6.72. The van der Waals surface area contributed by atoms with Gasteiger partial charge >= 0.3 is 0 Å². The van der Waals surface area contributed by atoms with Gasteiger partial charge in [0.1, 0.15) is 8.24 Å². The molecule has 0 bridgehead atoms. The van der Waals surface area contributed by atoms with Crippen LogP contribution in [0, 0.1) is 0 Å². The standard InChI is InChI=1S/C8H21NSi.H3N/c1-4-7-10(9,6-3)8-5-2;/h4-9H2,1-3H3;1H3. The second-order valence-electron chi connectivity index (χ2n) is 3.22. The molecular formula is C8H24N2Si. The van der Waals surface area contributed by atoms with Crippen molar-refractivity contribution in [3.8, 4) is 0 Å². The summed E-state index contributed by atoms with van der Waals surface area (Å²) < 4.78 is 0. The van der Waals surface area contributed by atoms with Gasteiger partial charge in [0.15, 0.2) is 0 Å². The summed E-state index contributed by atoms with van der Waals surface area (Å²) in [4.78, 5) is 0. The molecule has 0 saturated heterocycles. The highest BCUT2D eigenvalue weighted by Gasteiger charge is 2.22. The zero-order chi connectivity index (χ0) is 8.04. The fraction of sp³-hybridized carbons (Fsp3) is 1.00. The van der Waals surface area contributed by atoms with Gasteiger partial charge in [-0.05, 0) is 18.1 Å². The van der Waals surface area contributed by atoms with E-state index in [1.165, 1.54) is 31.0 Å². The monoisotopic (exact) mass is 176 g/mol. The molecule has 0 heterocycles. The summed E-state index contributed by atoms with van der Waals surface area (Å²) in [6.07, 6.45) is 2.55. The van der Waals surface area contributed by atoms with Gasteiger partial charge in [0.2, 0.25) is 0 Å². The van der Waals surface area contributed by atoms with Crippen LogP contribution in [0.2, 0.25) is 18.1 Å². The molecule has 0 unspecified atom stereocenters. The number of hydrogen-bond donors (Lipinski definition) is 2. The normalized spacial score (nSPS) is 10.9. The molecule has 0 aliphatic rings. The molecule has 0 saturated carbocycles. The van der Waals surface area contributed by atoms with E-state index in [1.54, 1.807) is 0 Å². The molecule has 0 aliphatic heterocycles. The second-order valence-corrected chi connectivity index (χ2v) is 7.65. The predicted molar refractivity (Wildman–Crippen MR) is 55.6 cm³/mol. The molecule has 0 rings (SSSR count). The van der Waals surface area contributed by atoms with Crippen molar-refractivity contribution in [3.05, 3.63) is 0 Å². The lowest BCUT2D eigenvalue weighted by atomic mass is 10.6. The van der Waals surface area contributed by atoms with Crippen LogP contribution in [0.4, 0.5) is 0 Å². The molecule has 2 nitrogen and oxygen atoms in total. The van der Waals surface area contributed by atoms with E-state index in [0.717, 1.165) is 0 Å². The van der Waals surface area contributed by atoms with Crippen LogP contribution in [0.5, 0.6) is 0 Å². The Morgan fingerprint density at radius 1 is 1.00 bits per heavy atom. The molecule has 0 atom stereocenters. The van der Waals surface area contributed by atoms with Gasteiger partial charge in [-0.3, -0.25) is 0 Å². The molecule has 0 aliphatic carbocycles. The van der Waals surface area contributed by atoms with E-state index in [-0.39, 0.29) is 6.15 Å². The van der Waals surface area contributed by atoms with Crippen molar-refractivity contribution in [2.24, 2.45) is 5.40 Å². The van der Waals surface area contributed by atoms with Gasteiger partial charge in [-0.25, -0.2) is 0 Å². The first kappa shape index (κ1) is 13.7. The zero-order valence-electron chi connectivity index (χ0n) is 8.32. The summed E-state index contributed by atoms with van der Waals surface area (Å²) in [7, 11) is -1.22. The molecule has 0 aromatic rings. The van der Waals surface area contributed by atoms with Crippen LogP contribution in [0.15, 0.2) is 0 Å². The van der Waals surface area contributed by atoms with Crippen LogP contribution >= 0.6 is 0 Å². The van der Waals surface area contributed by atoms with E-state index < -0.39 is 8.24 Å². The fourth-order valence-corrected chi connectivity index (χ4v) is 4.42. The smallest absolute Gasteiger partial charge is 0.122 e. The average molecular weight is 176 g/mol.